The van der Waals surface area contributed by atoms with Crippen LogP contribution in [0.5, 0.6) is 0 Å². The van der Waals surface area contributed by atoms with E-state index in [1.807, 2.05) is 48.5 Å². The lowest BCUT2D eigenvalue weighted by atomic mass is 10.0. The Balaban J connectivity index is 1.98. The Hall–Kier alpha value is -2.73. The van der Waals surface area contributed by atoms with Crippen molar-refractivity contribution in [2.75, 3.05) is 5.32 Å². The van der Waals surface area contributed by atoms with E-state index in [2.05, 4.69) is 11.4 Å². The number of benzene rings is 2. The van der Waals surface area contributed by atoms with E-state index in [0.717, 1.165) is 22.2 Å². The second-order valence-corrected chi connectivity index (χ2v) is 4.25. The summed E-state index contributed by atoms with van der Waals surface area (Å²) >= 11 is 0. The summed E-state index contributed by atoms with van der Waals surface area (Å²) in [5.74, 6) is 0.883. The van der Waals surface area contributed by atoms with Gasteiger partial charge in [0.05, 0.1) is 24.4 Å². The first-order chi connectivity index (χ1) is 9.38. The number of fused-ring (bicyclic) bond motifs is 1. The van der Waals surface area contributed by atoms with Crippen molar-refractivity contribution in [2.45, 2.75) is 6.54 Å². The molecule has 0 bridgehead atoms. The molecule has 3 rings (SSSR count). The lowest BCUT2D eigenvalue weighted by Gasteiger charge is -2.09. The van der Waals surface area contributed by atoms with E-state index >= 15 is 0 Å². The summed E-state index contributed by atoms with van der Waals surface area (Å²) in [7, 11) is 0. The van der Waals surface area contributed by atoms with E-state index in [-0.39, 0.29) is 0 Å². The number of hydrogen-bond acceptors (Lipinski definition) is 3. The molecule has 92 valence electrons. The molecule has 0 aliphatic heterocycles. The van der Waals surface area contributed by atoms with Gasteiger partial charge in [-0.05, 0) is 24.3 Å². The smallest absolute Gasteiger partial charge is 0.122 e. The number of furan rings is 1. The molecular formula is C16H12N2O. The van der Waals surface area contributed by atoms with E-state index in [0.29, 0.717) is 12.1 Å². The minimum Gasteiger partial charge on any atom is -0.467 e. The average Bonchev–Trinajstić information content (AvgIpc) is 2.98. The van der Waals surface area contributed by atoms with Crippen LogP contribution in [0.3, 0.4) is 0 Å². The molecule has 0 amide bonds. The minimum absolute atomic E-state index is 0.628. The lowest BCUT2D eigenvalue weighted by Crippen LogP contribution is -1.99. The van der Waals surface area contributed by atoms with Crippen LogP contribution in [-0.4, -0.2) is 0 Å². The fourth-order valence-corrected chi connectivity index (χ4v) is 2.15. The molecule has 0 unspecified atom stereocenters. The molecule has 0 radical (unpaired) electrons. The molecule has 1 aromatic heterocycles. The Morgan fingerprint density at radius 3 is 2.58 bits per heavy atom. The first-order valence-electron chi connectivity index (χ1n) is 6.06. The summed E-state index contributed by atoms with van der Waals surface area (Å²) < 4.78 is 5.30. The third kappa shape index (κ3) is 2.16. The van der Waals surface area contributed by atoms with Gasteiger partial charge >= 0.3 is 0 Å². The average molecular weight is 248 g/mol. The molecule has 0 aliphatic rings. The van der Waals surface area contributed by atoms with Gasteiger partial charge in [0.25, 0.3) is 0 Å². The summed E-state index contributed by atoms with van der Waals surface area (Å²) in [5, 5.41) is 14.5. The normalized spacial score (nSPS) is 10.3. The highest BCUT2D eigenvalue weighted by Crippen LogP contribution is 2.26. The fraction of sp³-hybridized carbons (Fsp3) is 0.0625. The third-order valence-corrected chi connectivity index (χ3v) is 3.08. The van der Waals surface area contributed by atoms with Crippen molar-refractivity contribution in [1.29, 1.82) is 5.26 Å². The van der Waals surface area contributed by atoms with Crippen LogP contribution < -0.4 is 5.32 Å². The summed E-state index contributed by atoms with van der Waals surface area (Å²) in [6.45, 7) is 0.628. The molecule has 0 aliphatic carbocycles. The van der Waals surface area contributed by atoms with Gasteiger partial charge in [-0.15, -0.1) is 0 Å². The number of nitrogens with one attached hydrogen (secondary N) is 1. The van der Waals surface area contributed by atoms with Crippen molar-refractivity contribution in [2.24, 2.45) is 0 Å². The van der Waals surface area contributed by atoms with Crippen molar-refractivity contribution in [3.05, 3.63) is 66.1 Å². The van der Waals surface area contributed by atoms with Crippen LogP contribution in [0.1, 0.15) is 11.3 Å². The van der Waals surface area contributed by atoms with E-state index in [1.54, 1.807) is 6.26 Å². The zero-order valence-corrected chi connectivity index (χ0v) is 10.3. The molecular weight excluding hydrogens is 236 g/mol. The van der Waals surface area contributed by atoms with E-state index in [9.17, 15) is 0 Å². The van der Waals surface area contributed by atoms with Crippen LogP contribution in [0, 0.1) is 11.3 Å². The Kier molecular flexibility index (Phi) is 2.91. The maximum atomic E-state index is 9.12. The number of rotatable bonds is 3. The largest absolute Gasteiger partial charge is 0.467 e. The lowest BCUT2D eigenvalue weighted by molar-refractivity contribution is 0.518. The molecule has 0 spiro atoms. The number of hydrogen-bond donors (Lipinski definition) is 1. The molecule has 2 aromatic carbocycles. The summed E-state index contributed by atoms with van der Waals surface area (Å²) in [6.07, 6.45) is 1.66. The maximum absolute atomic E-state index is 9.12. The number of nitriles is 1. The molecule has 19 heavy (non-hydrogen) atoms. The van der Waals surface area contributed by atoms with Crippen LogP contribution >= 0.6 is 0 Å². The van der Waals surface area contributed by atoms with E-state index in [4.69, 9.17) is 9.68 Å². The van der Waals surface area contributed by atoms with Crippen molar-refractivity contribution in [1.82, 2.24) is 0 Å². The topological polar surface area (TPSA) is 49.0 Å². The van der Waals surface area contributed by atoms with Crippen molar-refractivity contribution >= 4 is 16.5 Å². The van der Waals surface area contributed by atoms with Crippen LogP contribution in [0.4, 0.5) is 5.69 Å². The Labute approximate surface area is 111 Å². The zero-order valence-electron chi connectivity index (χ0n) is 10.3. The van der Waals surface area contributed by atoms with Gasteiger partial charge in [0.2, 0.25) is 0 Å². The summed E-state index contributed by atoms with van der Waals surface area (Å²) in [5.41, 5.74) is 1.70. The third-order valence-electron chi connectivity index (χ3n) is 3.08. The number of nitrogens with zero attached hydrogens (tertiary/aromatic N) is 1. The van der Waals surface area contributed by atoms with E-state index in [1.165, 1.54) is 0 Å². The molecule has 3 heteroatoms. The first kappa shape index (κ1) is 11.4. The molecule has 3 aromatic rings. The summed E-state index contributed by atoms with van der Waals surface area (Å²) in [6, 6.07) is 17.7. The maximum Gasteiger partial charge on any atom is 0.122 e. The molecule has 1 N–H and O–H groups in total. The quantitative estimate of drug-likeness (QED) is 0.764. The van der Waals surface area contributed by atoms with Crippen molar-refractivity contribution in [3.63, 3.8) is 0 Å². The highest BCUT2D eigenvalue weighted by Gasteiger charge is 2.05. The van der Waals surface area contributed by atoms with Crippen LogP contribution in [-0.2, 0) is 6.54 Å². The van der Waals surface area contributed by atoms with Gasteiger partial charge in [0.1, 0.15) is 5.76 Å². The predicted octanol–water partition coefficient (Wildman–Crippen LogP) is 3.92. The van der Waals surface area contributed by atoms with E-state index < -0.39 is 0 Å². The van der Waals surface area contributed by atoms with Gasteiger partial charge in [-0.1, -0.05) is 24.3 Å². The van der Waals surface area contributed by atoms with Gasteiger partial charge in [-0.25, -0.2) is 0 Å². The molecule has 0 atom stereocenters. The fourth-order valence-electron chi connectivity index (χ4n) is 2.15. The van der Waals surface area contributed by atoms with Gasteiger partial charge in [0, 0.05) is 16.5 Å². The highest BCUT2D eigenvalue weighted by molar-refractivity contribution is 5.97. The first-order valence-corrected chi connectivity index (χ1v) is 6.06. The standard InChI is InChI=1S/C16H12N2O/c17-10-12-7-8-16(15-6-2-1-5-14(12)15)18-11-13-4-3-9-19-13/h1-9,18H,11H2. The molecule has 0 saturated carbocycles. The van der Waals surface area contributed by atoms with Gasteiger partial charge < -0.3 is 9.73 Å². The second kappa shape index (κ2) is 4.87. The van der Waals surface area contributed by atoms with Crippen molar-refractivity contribution < 1.29 is 4.42 Å². The number of anilines is 1. The molecule has 1 heterocycles. The molecule has 0 saturated heterocycles. The van der Waals surface area contributed by atoms with Gasteiger partial charge in [0.15, 0.2) is 0 Å². The van der Waals surface area contributed by atoms with Gasteiger partial charge in [-0.3, -0.25) is 0 Å². The molecule has 0 fully saturated rings. The van der Waals surface area contributed by atoms with Crippen LogP contribution in [0.2, 0.25) is 0 Å². The Morgan fingerprint density at radius 1 is 1.00 bits per heavy atom. The van der Waals surface area contributed by atoms with Crippen LogP contribution in [0.15, 0.2) is 59.2 Å². The monoisotopic (exact) mass is 248 g/mol. The zero-order chi connectivity index (χ0) is 13.1. The Morgan fingerprint density at radius 2 is 1.84 bits per heavy atom. The SMILES string of the molecule is N#Cc1ccc(NCc2ccco2)c2ccccc12. The van der Waals surface area contributed by atoms with Crippen molar-refractivity contribution in [3.8, 4) is 6.07 Å². The molecule has 3 nitrogen and oxygen atoms in total. The second-order valence-electron chi connectivity index (χ2n) is 4.25. The summed E-state index contributed by atoms with van der Waals surface area (Å²) in [4.78, 5) is 0. The predicted molar refractivity (Wildman–Crippen MR) is 74.7 cm³/mol. The van der Waals surface area contributed by atoms with Gasteiger partial charge in [-0.2, -0.15) is 5.26 Å². The minimum atomic E-state index is 0.628. The highest BCUT2D eigenvalue weighted by atomic mass is 16.3. The Bertz CT molecular complexity index is 739. The van der Waals surface area contributed by atoms with Crippen LogP contribution in [0.25, 0.3) is 10.8 Å².